The van der Waals surface area contributed by atoms with Gasteiger partial charge >= 0.3 is 0 Å². The van der Waals surface area contributed by atoms with Crippen LogP contribution < -0.4 is 10.2 Å². The Kier molecular flexibility index (Phi) is 8.52. The second kappa shape index (κ2) is 13.8. The maximum absolute atomic E-state index is 3.70. The molecule has 0 amide bonds. The van der Waals surface area contributed by atoms with E-state index in [4.69, 9.17) is 0 Å². The van der Waals surface area contributed by atoms with Gasteiger partial charge in [0, 0.05) is 34.2 Å². The predicted molar refractivity (Wildman–Crippen MR) is 225 cm³/mol. The summed E-state index contributed by atoms with van der Waals surface area (Å²) in [7, 11) is 0. The van der Waals surface area contributed by atoms with Gasteiger partial charge in [-0.2, -0.15) is 0 Å². The van der Waals surface area contributed by atoms with Gasteiger partial charge in [-0.15, -0.1) is 0 Å². The standard InChI is InChI=1S/C51H44N2/c1-51(2)49-16-10-9-15-47(49)48-34-33-46(35-50(48)51)53(44-29-21-40(22-30-44)37-13-7-4-8-14-37)45-31-23-41(24-32-45)39-19-27-43(28-20-39)52-42-25-17-38(18-26-42)36-11-5-3-6-12-36/h3-21,23-25,27-29,31-35,42,52H,22,26,30H2,1-2H3. The van der Waals surface area contributed by atoms with Gasteiger partial charge in [0.25, 0.3) is 0 Å². The number of hydrogen-bond donors (Lipinski definition) is 1. The van der Waals surface area contributed by atoms with Gasteiger partial charge in [0.15, 0.2) is 0 Å². The molecule has 0 saturated carbocycles. The molecule has 0 spiro atoms. The van der Waals surface area contributed by atoms with Crippen LogP contribution in [0.5, 0.6) is 0 Å². The second-order valence-electron chi connectivity index (χ2n) is 14.9. The van der Waals surface area contributed by atoms with Gasteiger partial charge in [-0.05, 0) is 117 Å². The molecule has 3 aliphatic carbocycles. The SMILES string of the molecule is CC1(C)c2ccccc2-c2ccc(N(C3=CC=C(c4ccccc4)CC3)c3ccc(-c4ccc(NC5C=CC(c6ccccc6)=CC5)cc4)cc3)cc21. The minimum absolute atomic E-state index is 0.0606. The molecule has 2 nitrogen and oxygen atoms in total. The van der Waals surface area contributed by atoms with Crippen LogP contribution in [0.25, 0.3) is 33.4 Å². The summed E-state index contributed by atoms with van der Waals surface area (Å²) in [6.45, 7) is 4.72. The first-order chi connectivity index (χ1) is 26.0. The largest absolute Gasteiger partial charge is 0.379 e. The van der Waals surface area contributed by atoms with E-state index in [1.54, 1.807) is 0 Å². The van der Waals surface area contributed by atoms with Crippen LogP contribution in [0.2, 0.25) is 0 Å². The third-order valence-corrected chi connectivity index (χ3v) is 11.3. The Morgan fingerprint density at radius 3 is 1.89 bits per heavy atom. The Bertz CT molecular complexity index is 2390. The van der Waals surface area contributed by atoms with Gasteiger partial charge < -0.3 is 10.2 Å². The summed E-state index contributed by atoms with van der Waals surface area (Å²) < 4.78 is 0. The third-order valence-electron chi connectivity index (χ3n) is 11.3. The fourth-order valence-electron chi connectivity index (χ4n) is 8.37. The summed E-state index contributed by atoms with van der Waals surface area (Å²) in [6, 6.07) is 55.6. The lowest BCUT2D eigenvalue weighted by atomic mass is 9.82. The normalized spacial score (nSPS) is 16.9. The molecule has 0 radical (unpaired) electrons. The first kappa shape index (κ1) is 32.8. The number of rotatable bonds is 8. The molecule has 0 saturated heterocycles. The zero-order valence-electron chi connectivity index (χ0n) is 30.5. The highest BCUT2D eigenvalue weighted by atomic mass is 15.1. The zero-order valence-corrected chi connectivity index (χ0v) is 30.5. The van der Waals surface area contributed by atoms with Gasteiger partial charge in [0.05, 0.1) is 0 Å². The quantitative estimate of drug-likeness (QED) is 0.172. The Morgan fingerprint density at radius 2 is 1.21 bits per heavy atom. The maximum Gasteiger partial charge on any atom is 0.0482 e. The molecule has 0 aliphatic heterocycles. The Labute approximate surface area is 314 Å². The Balaban J connectivity index is 0.983. The van der Waals surface area contributed by atoms with Crippen LogP contribution in [-0.4, -0.2) is 6.04 Å². The number of anilines is 3. The van der Waals surface area contributed by atoms with Crippen molar-refractivity contribution in [3.63, 3.8) is 0 Å². The molecule has 9 rings (SSSR count). The average molecular weight is 685 g/mol. The molecule has 1 unspecified atom stereocenters. The first-order valence-electron chi connectivity index (χ1n) is 18.9. The smallest absolute Gasteiger partial charge is 0.0482 e. The van der Waals surface area contributed by atoms with Crippen molar-refractivity contribution < 1.29 is 0 Å². The zero-order chi connectivity index (χ0) is 35.8. The highest BCUT2D eigenvalue weighted by Crippen LogP contribution is 2.50. The molecule has 3 aliphatic rings. The fourth-order valence-corrected chi connectivity index (χ4v) is 8.37. The molecule has 1 N–H and O–H groups in total. The molecule has 53 heavy (non-hydrogen) atoms. The Hall–Kier alpha value is -6.12. The highest BCUT2D eigenvalue weighted by Gasteiger charge is 2.35. The van der Waals surface area contributed by atoms with Crippen molar-refractivity contribution in [1.29, 1.82) is 0 Å². The van der Waals surface area contributed by atoms with E-state index in [-0.39, 0.29) is 11.5 Å². The van der Waals surface area contributed by atoms with Crippen molar-refractivity contribution in [3.8, 4) is 22.3 Å². The molecular formula is C51H44N2. The van der Waals surface area contributed by atoms with Crippen molar-refractivity contribution >= 4 is 28.2 Å². The van der Waals surface area contributed by atoms with E-state index >= 15 is 0 Å². The van der Waals surface area contributed by atoms with Crippen LogP contribution in [0.3, 0.4) is 0 Å². The summed E-state index contributed by atoms with van der Waals surface area (Å²) >= 11 is 0. The van der Waals surface area contributed by atoms with Crippen molar-refractivity contribution in [3.05, 3.63) is 210 Å². The van der Waals surface area contributed by atoms with Crippen molar-refractivity contribution in [2.75, 3.05) is 10.2 Å². The summed E-state index contributed by atoms with van der Waals surface area (Å²) in [5, 5.41) is 3.70. The van der Waals surface area contributed by atoms with Gasteiger partial charge in [0.2, 0.25) is 0 Å². The van der Waals surface area contributed by atoms with Crippen molar-refractivity contribution in [1.82, 2.24) is 0 Å². The molecule has 1 atom stereocenters. The van der Waals surface area contributed by atoms with Crippen LogP contribution in [0.1, 0.15) is 55.4 Å². The number of fused-ring (bicyclic) bond motifs is 3. The average Bonchev–Trinajstić information content (AvgIpc) is 3.45. The van der Waals surface area contributed by atoms with E-state index < -0.39 is 0 Å². The number of allylic oxidation sites excluding steroid dienone is 6. The van der Waals surface area contributed by atoms with E-state index in [0.29, 0.717) is 0 Å². The maximum atomic E-state index is 3.70. The molecule has 2 heteroatoms. The fraction of sp³-hybridized carbons (Fsp3) is 0.137. The highest BCUT2D eigenvalue weighted by molar-refractivity contribution is 5.85. The lowest BCUT2D eigenvalue weighted by Gasteiger charge is -2.31. The van der Waals surface area contributed by atoms with Crippen LogP contribution in [0, 0.1) is 0 Å². The van der Waals surface area contributed by atoms with Gasteiger partial charge in [0.1, 0.15) is 0 Å². The number of hydrogen-bond acceptors (Lipinski definition) is 2. The van der Waals surface area contributed by atoms with Crippen LogP contribution >= 0.6 is 0 Å². The molecule has 0 fully saturated rings. The van der Waals surface area contributed by atoms with Crippen molar-refractivity contribution in [2.45, 2.75) is 44.6 Å². The minimum Gasteiger partial charge on any atom is -0.379 e. The molecule has 6 aromatic carbocycles. The summed E-state index contributed by atoms with van der Waals surface area (Å²) in [4.78, 5) is 2.48. The monoisotopic (exact) mass is 684 g/mol. The van der Waals surface area contributed by atoms with E-state index in [2.05, 4.69) is 206 Å². The molecule has 0 aromatic heterocycles. The lowest BCUT2D eigenvalue weighted by molar-refractivity contribution is 0.660. The minimum atomic E-state index is -0.0606. The molecule has 6 aromatic rings. The van der Waals surface area contributed by atoms with E-state index in [1.807, 2.05) is 0 Å². The second-order valence-corrected chi connectivity index (χ2v) is 14.9. The number of benzene rings is 6. The molecule has 0 heterocycles. The topological polar surface area (TPSA) is 15.3 Å². The van der Waals surface area contributed by atoms with Crippen LogP contribution in [0.15, 0.2) is 188 Å². The Morgan fingerprint density at radius 1 is 0.566 bits per heavy atom. The third kappa shape index (κ3) is 6.36. The van der Waals surface area contributed by atoms with E-state index in [1.165, 1.54) is 72.7 Å². The molecule has 258 valence electrons. The van der Waals surface area contributed by atoms with Gasteiger partial charge in [-0.25, -0.2) is 0 Å². The lowest BCUT2D eigenvalue weighted by Crippen LogP contribution is -2.20. The summed E-state index contributed by atoms with van der Waals surface area (Å²) in [5.74, 6) is 0. The van der Waals surface area contributed by atoms with Gasteiger partial charge in [-0.1, -0.05) is 153 Å². The van der Waals surface area contributed by atoms with Crippen LogP contribution in [-0.2, 0) is 5.41 Å². The first-order valence-corrected chi connectivity index (χ1v) is 18.9. The van der Waals surface area contributed by atoms with E-state index in [9.17, 15) is 0 Å². The molecule has 0 bridgehead atoms. The van der Waals surface area contributed by atoms with Crippen molar-refractivity contribution in [2.24, 2.45) is 0 Å². The van der Waals surface area contributed by atoms with Crippen LogP contribution in [0.4, 0.5) is 17.1 Å². The number of nitrogens with zero attached hydrogens (tertiary/aromatic N) is 1. The summed E-state index contributed by atoms with van der Waals surface area (Å²) in [6.07, 6.45) is 14.4. The number of nitrogens with one attached hydrogen (secondary N) is 1. The summed E-state index contributed by atoms with van der Waals surface area (Å²) in [5.41, 5.74) is 17.9. The van der Waals surface area contributed by atoms with Gasteiger partial charge in [-0.3, -0.25) is 0 Å². The van der Waals surface area contributed by atoms with E-state index in [0.717, 1.165) is 24.9 Å². The predicted octanol–water partition coefficient (Wildman–Crippen LogP) is 13.4. The molecular weight excluding hydrogens is 641 g/mol.